The Bertz CT molecular complexity index is 487. The Balaban J connectivity index is 0. The first-order valence-electron chi connectivity index (χ1n) is 11.7. The number of hydrogen-bond donors (Lipinski definition) is 1. The molecule has 0 heterocycles. The number of ether oxygens (including phenoxy) is 1. The third-order valence-corrected chi connectivity index (χ3v) is 5.34. The van der Waals surface area contributed by atoms with Gasteiger partial charge in [0.1, 0.15) is 6.04 Å². The van der Waals surface area contributed by atoms with Crippen LogP contribution in [0.5, 0.6) is 0 Å². The minimum atomic E-state index is -0.561. The van der Waals surface area contributed by atoms with Gasteiger partial charge in [0.15, 0.2) is 0 Å². The predicted molar refractivity (Wildman–Crippen MR) is 121 cm³/mol. The zero-order valence-electron chi connectivity index (χ0n) is 20.2. The molecule has 1 aromatic rings. The zero-order valence-corrected chi connectivity index (χ0v) is 21.2. The topological polar surface area (TPSA) is 52.3 Å². The van der Waals surface area contributed by atoms with Gasteiger partial charge >= 0.3 is 35.5 Å². The molecule has 0 amide bonds. The summed E-state index contributed by atoms with van der Waals surface area (Å²) in [5.41, 5.74) is 7.01. The number of carbonyl (C=O) groups excluding carboxylic acids is 1. The molecule has 0 unspecified atom stereocenters. The Labute approximate surface area is 203 Å². The van der Waals surface area contributed by atoms with Gasteiger partial charge in [-0.05, 0) is 18.4 Å². The fourth-order valence-corrected chi connectivity index (χ4v) is 3.53. The summed E-state index contributed by atoms with van der Waals surface area (Å²) in [5.74, 6) is -0.279. The molecule has 1 aromatic carbocycles. The number of nitrogens with two attached hydrogens (primary N) is 1. The molecule has 0 aromatic heterocycles. The summed E-state index contributed by atoms with van der Waals surface area (Å²) >= 11 is 0. The number of benzene rings is 1. The van der Waals surface area contributed by atoms with Crippen LogP contribution in [-0.4, -0.2) is 18.6 Å². The first kappa shape index (κ1) is 28.6. The second-order valence-corrected chi connectivity index (χ2v) is 8.06. The van der Waals surface area contributed by atoms with Crippen LogP contribution in [-0.2, 0) is 16.0 Å². The van der Waals surface area contributed by atoms with Gasteiger partial charge in [0.2, 0.25) is 0 Å². The van der Waals surface area contributed by atoms with Crippen molar-refractivity contribution in [2.24, 2.45) is 5.73 Å². The third kappa shape index (κ3) is 17.1. The molecule has 0 saturated carbocycles. The van der Waals surface area contributed by atoms with Gasteiger partial charge in [-0.3, -0.25) is 4.79 Å². The van der Waals surface area contributed by atoms with Crippen molar-refractivity contribution in [3.8, 4) is 0 Å². The molecule has 0 saturated heterocycles. The number of esters is 1. The molecule has 0 radical (unpaired) electrons. The Morgan fingerprint density at radius 2 is 1.28 bits per heavy atom. The molecule has 1 atom stereocenters. The predicted octanol–water partition coefficient (Wildman–Crippen LogP) is 3.70. The molecule has 0 aliphatic heterocycles. The van der Waals surface area contributed by atoms with Gasteiger partial charge in [-0.15, -0.1) is 0 Å². The van der Waals surface area contributed by atoms with Gasteiger partial charge < -0.3 is 11.9 Å². The van der Waals surface area contributed by atoms with Gasteiger partial charge in [-0.25, -0.2) is 0 Å². The summed E-state index contributed by atoms with van der Waals surface area (Å²) in [6.45, 7) is 2.77. The summed E-state index contributed by atoms with van der Waals surface area (Å²) in [6.07, 6.45) is 19.1. The van der Waals surface area contributed by atoms with Gasteiger partial charge in [0.05, 0.1) is 6.61 Å². The molecule has 0 spiro atoms. The Kier molecular flexibility index (Phi) is 20.7. The monoisotopic (exact) mass is 413 g/mol. The van der Waals surface area contributed by atoms with Crippen LogP contribution in [0.15, 0.2) is 30.3 Å². The molecule has 0 aliphatic carbocycles. The van der Waals surface area contributed by atoms with E-state index in [0.29, 0.717) is 13.0 Å². The van der Waals surface area contributed by atoms with E-state index in [1.165, 1.54) is 77.0 Å². The summed E-state index contributed by atoms with van der Waals surface area (Å²) in [7, 11) is 0. The van der Waals surface area contributed by atoms with Crippen molar-refractivity contribution in [2.45, 2.75) is 109 Å². The number of hydrogen-bond acceptors (Lipinski definition) is 3. The molecule has 2 N–H and O–H groups in total. The van der Waals surface area contributed by atoms with Crippen LogP contribution in [0.25, 0.3) is 0 Å². The van der Waals surface area contributed by atoms with E-state index in [2.05, 4.69) is 6.92 Å². The normalized spacial score (nSPS) is 11.7. The third-order valence-electron chi connectivity index (χ3n) is 5.34. The molecular formula is C25H44NNaO2. The molecule has 0 fully saturated rings. The standard InChI is InChI=1S/C25H43NO2.Na.H/c1-2-3-4-5-6-7-8-9-10-11-12-13-14-18-21-28-25(27)24(26)22-23-19-16-15-17-20-23;;/h15-17,19-20,24H,2-14,18,21-22,26H2,1H3;;/q;+1;-1/t24-;;/m0../s1. The van der Waals surface area contributed by atoms with Gasteiger partial charge in [0, 0.05) is 0 Å². The molecule has 3 nitrogen and oxygen atoms in total. The minimum Gasteiger partial charge on any atom is -1.00 e. The largest absolute Gasteiger partial charge is 1.00 e. The maximum atomic E-state index is 11.9. The van der Waals surface area contributed by atoms with E-state index < -0.39 is 6.04 Å². The Hall–Kier alpha value is -0.350. The van der Waals surface area contributed by atoms with Crippen molar-refractivity contribution >= 4 is 5.97 Å². The molecule has 162 valence electrons. The van der Waals surface area contributed by atoms with Crippen LogP contribution in [0.3, 0.4) is 0 Å². The van der Waals surface area contributed by atoms with Crippen molar-refractivity contribution in [1.82, 2.24) is 0 Å². The maximum Gasteiger partial charge on any atom is 1.00 e. The van der Waals surface area contributed by atoms with Crippen LogP contribution in [0, 0.1) is 0 Å². The first-order chi connectivity index (χ1) is 13.7. The Morgan fingerprint density at radius 1 is 0.828 bits per heavy atom. The minimum absolute atomic E-state index is 0. The summed E-state index contributed by atoms with van der Waals surface area (Å²) < 4.78 is 5.32. The SMILES string of the molecule is CCCCCCCCCCCCCCCCOC(=O)[C@@H](N)Cc1ccccc1.[H-].[Na+]. The summed E-state index contributed by atoms with van der Waals surface area (Å²) in [4.78, 5) is 11.9. The van der Waals surface area contributed by atoms with Crippen molar-refractivity contribution in [3.05, 3.63) is 35.9 Å². The molecule has 1 rings (SSSR count). The Morgan fingerprint density at radius 3 is 1.76 bits per heavy atom. The molecule has 4 heteroatoms. The zero-order chi connectivity index (χ0) is 20.3. The quantitative estimate of drug-likeness (QED) is 0.227. The van der Waals surface area contributed by atoms with Crippen molar-refractivity contribution in [1.29, 1.82) is 0 Å². The van der Waals surface area contributed by atoms with Crippen LogP contribution >= 0.6 is 0 Å². The summed E-state index contributed by atoms with van der Waals surface area (Å²) in [5, 5.41) is 0. The van der Waals surface area contributed by atoms with E-state index in [0.717, 1.165) is 18.4 Å². The first-order valence-corrected chi connectivity index (χ1v) is 11.7. The van der Waals surface area contributed by atoms with Gasteiger partial charge in [-0.1, -0.05) is 121 Å². The van der Waals surface area contributed by atoms with Crippen molar-refractivity contribution in [2.75, 3.05) is 6.61 Å². The van der Waals surface area contributed by atoms with Crippen molar-refractivity contribution < 1.29 is 40.5 Å². The van der Waals surface area contributed by atoms with Crippen LogP contribution in [0.2, 0.25) is 0 Å². The average Bonchev–Trinajstić information content (AvgIpc) is 2.71. The van der Waals surface area contributed by atoms with Gasteiger partial charge in [0.25, 0.3) is 0 Å². The summed E-state index contributed by atoms with van der Waals surface area (Å²) in [6, 6.07) is 9.29. The fourth-order valence-electron chi connectivity index (χ4n) is 3.53. The molecule has 29 heavy (non-hydrogen) atoms. The van der Waals surface area contributed by atoms with E-state index >= 15 is 0 Å². The van der Waals surface area contributed by atoms with E-state index in [4.69, 9.17) is 10.5 Å². The van der Waals surface area contributed by atoms with Crippen molar-refractivity contribution in [3.63, 3.8) is 0 Å². The van der Waals surface area contributed by atoms with E-state index in [1.54, 1.807) is 0 Å². The fraction of sp³-hybridized carbons (Fsp3) is 0.720. The number of unbranched alkanes of at least 4 members (excludes halogenated alkanes) is 13. The van der Waals surface area contributed by atoms with Crippen LogP contribution < -0.4 is 35.3 Å². The van der Waals surface area contributed by atoms with E-state index in [9.17, 15) is 4.79 Å². The van der Waals surface area contributed by atoms with Gasteiger partial charge in [-0.2, -0.15) is 0 Å². The van der Waals surface area contributed by atoms with Crippen LogP contribution in [0.4, 0.5) is 0 Å². The second kappa shape index (κ2) is 20.9. The van der Waals surface area contributed by atoms with Crippen LogP contribution in [0.1, 0.15) is 104 Å². The number of carbonyl (C=O) groups is 1. The second-order valence-electron chi connectivity index (χ2n) is 8.06. The smallest absolute Gasteiger partial charge is 1.00 e. The molecule has 0 bridgehead atoms. The molecule has 0 aliphatic rings. The molecular weight excluding hydrogens is 369 g/mol. The van der Waals surface area contributed by atoms with E-state index in [1.807, 2.05) is 30.3 Å². The average molecular weight is 414 g/mol. The van der Waals surface area contributed by atoms with E-state index in [-0.39, 0.29) is 37.0 Å². The number of rotatable bonds is 18. The maximum absolute atomic E-state index is 11.9.